The van der Waals surface area contributed by atoms with Crippen molar-refractivity contribution in [3.05, 3.63) is 29.8 Å². The predicted octanol–water partition coefficient (Wildman–Crippen LogP) is 2.67. The van der Waals surface area contributed by atoms with Crippen molar-refractivity contribution in [2.24, 2.45) is 10.9 Å². The third kappa shape index (κ3) is 8.56. The molecule has 0 bridgehead atoms. The summed E-state index contributed by atoms with van der Waals surface area (Å²) in [5, 5.41) is 6.74. The molecule has 8 heteroatoms. The van der Waals surface area contributed by atoms with Crippen LogP contribution in [0, 0.1) is 5.92 Å². The zero-order chi connectivity index (χ0) is 20.3. The van der Waals surface area contributed by atoms with E-state index in [4.69, 9.17) is 19.2 Å². The van der Waals surface area contributed by atoms with Gasteiger partial charge in [-0.15, -0.1) is 24.0 Å². The van der Waals surface area contributed by atoms with Gasteiger partial charge in [-0.1, -0.05) is 12.1 Å². The van der Waals surface area contributed by atoms with Crippen LogP contribution in [0.1, 0.15) is 31.4 Å². The number of hydrogen-bond donors (Lipinski definition) is 2. The van der Waals surface area contributed by atoms with Crippen LogP contribution in [0.15, 0.2) is 29.3 Å². The second-order valence-electron chi connectivity index (χ2n) is 7.60. The standard InChI is InChI=1S/C22H36N4O3.HI/c1-3-23-22(24-10-13-29-17-18-4-5-18)25-16-21(26-11-14-28-15-12-26)19-6-8-20(27-2)9-7-19;/h6-9,18,21H,3-5,10-17H2,1-2H3,(H2,23,24,25);1H. The molecule has 2 N–H and O–H groups in total. The molecule has 30 heavy (non-hydrogen) atoms. The van der Waals surface area contributed by atoms with Crippen LogP contribution in [-0.4, -0.2) is 77.1 Å². The molecular formula is C22H37IN4O3. The molecule has 0 radical (unpaired) electrons. The Labute approximate surface area is 197 Å². The highest BCUT2D eigenvalue weighted by atomic mass is 127. The lowest BCUT2D eigenvalue weighted by atomic mass is 10.0. The minimum Gasteiger partial charge on any atom is -0.497 e. The molecule has 1 saturated heterocycles. The molecule has 1 aromatic rings. The quantitative estimate of drug-likeness (QED) is 0.198. The van der Waals surface area contributed by atoms with Gasteiger partial charge in [-0.25, -0.2) is 0 Å². The highest BCUT2D eigenvalue weighted by molar-refractivity contribution is 14.0. The first-order valence-corrected chi connectivity index (χ1v) is 10.9. The van der Waals surface area contributed by atoms with E-state index in [9.17, 15) is 0 Å². The van der Waals surface area contributed by atoms with Gasteiger partial charge < -0.3 is 24.8 Å². The van der Waals surface area contributed by atoms with Crippen molar-refractivity contribution >= 4 is 29.9 Å². The Bertz CT molecular complexity index is 619. The smallest absolute Gasteiger partial charge is 0.191 e. The number of rotatable bonds is 11. The van der Waals surface area contributed by atoms with Gasteiger partial charge >= 0.3 is 0 Å². The number of guanidine groups is 1. The van der Waals surface area contributed by atoms with Crippen molar-refractivity contribution in [3.63, 3.8) is 0 Å². The third-order valence-corrected chi connectivity index (χ3v) is 5.34. The summed E-state index contributed by atoms with van der Waals surface area (Å²) in [6.07, 6.45) is 2.65. The number of aliphatic imine (C=N–C) groups is 1. The Kier molecular flexibility index (Phi) is 11.8. The van der Waals surface area contributed by atoms with Crippen LogP contribution >= 0.6 is 24.0 Å². The Morgan fingerprint density at radius 2 is 1.93 bits per heavy atom. The van der Waals surface area contributed by atoms with E-state index in [1.807, 2.05) is 12.1 Å². The van der Waals surface area contributed by atoms with Crippen LogP contribution in [0.4, 0.5) is 0 Å². The summed E-state index contributed by atoms with van der Waals surface area (Å²) in [5.41, 5.74) is 1.25. The predicted molar refractivity (Wildman–Crippen MR) is 131 cm³/mol. The fourth-order valence-electron chi connectivity index (χ4n) is 3.44. The number of nitrogens with zero attached hydrogens (tertiary/aromatic N) is 2. The summed E-state index contributed by atoms with van der Waals surface area (Å²) in [7, 11) is 1.70. The summed E-state index contributed by atoms with van der Waals surface area (Å²) in [4.78, 5) is 7.33. The molecule has 0 amide bonds. The van der Waals surface area contributed by atoms with Crippen molar-refractivity contribution in [1.29, 1.82) is 0 Å². The van der Waals surface area contributed by atoms with Crippen LogP contribution < -0.4 is 15.4 Å². The highest BCUT2D eigenvalue weighted by Crippen LogP contribution is 2.28. The molecule has 1 atom stereocenters. The molecule has 1 saturated carbocycles. The average molecular weight is 532 g/mol. The summed E-state index contributed by atoms with van der Waals surface area (Å²) in [6.45, 7) is 9.37. The normalized spacial score (nSPS) is 18.4. The number of morpholine rings is 1. The average Bonchev–Trinajstić information content (AvgIpc) is 3.59. The summed E-state index contributed by atoms with van der Waals surface area (Å²) >= 11 is 0. The molecular weight excluding hydrogens is 495 g/mol. The number of methoxy groups -OCH3 is 1. The van der Waals surface area contributed by atoms with Crippen molar-refractivity contribution in [3.8, 4) is 5.75 Å². The number of hydrogen-bond acceptors (Lipinski definition) is 5. The second-order valence-corrected chi connectivity index (χ2v) is 7.60. The first-order valence-electron chi connectivity index (χ1n) is 10.9. The van der Waals surface area contributed by atoms with Crippen LogP contribution in [0.2, 0.25) is 0 Å². The highest BCUT2D eigenvalue weighted by Gasteiger charge is 2.23. The maximum Gasteiger partial charge on any atom is 0.191 e. The number of nitrogens with one attached hydrogen (secondary N) is 2. The number of benzene rings is 1. The van der Waals surface area contributed by atoms with Gasteiger partial charge in [-0.2, -0.15) is 0 Å². The zero-order valence-corrected chi connectivity index (χ0v) is 20.6. The Morgan fingerprint density at radius 3 is 2.57 bits per heavy atom. The van der Waals surface area contributed by atoms with E-state index in [1.54, 1.807) is 7.11 Å². The Balaban J connectivity index is 0.00000320. The van der Waals surface area contributed by atoms with E-state index in [0.29, 0.717) is 13.2 Å². The summed E-state index contributed by atoms with van der Waals surface area (Å²) in [6, 6.07) is 8.54. The van der Waals surface area contributed by atoms with Crippen LogP contribution in [0.5, 0.6) is 5.75 Å². The van der Waals surface area contributed by atoms with Gasteiger partial charge in [-0.05, 0) is 43.4 Å². The lowest BCUT2D eigenvalue weighted by Gasteiger charge is -2.34. The summed E-state index contributed by atoms with van der Waals surface area (Å²) in [5.74, 6) is 2.52. The SMILES string of the molecule is CCNC(=NCC(c1ccc(OC)cc1)N1CCOCC1)NCCOCC1CC1.I. The molecule has 2 aliphatic rings. The van der Waals surface area contributed by atoms with Gasteiger partial charge in [0.15, 0.2) is 5.96 Å². The van der Waals surface area contributed by atoms with E-state index in [2.05, 4.69) is 34.6 Å². The molecule has 1 aromatic carbocycles. The molecule has 1 unspecified atom stereocenters. The fourth-order valence-corrected chi connectivity index (χ4v) is 3.44. The largest absolute Gasteiger partial charge is 0.497 e. The van der Waals surface area contributed by atoms with Gasteiger partial charge in [0.1, 0.15) is 5.75 Å². The van der Waals surface area contributed by atoms with Crippen molar-refractivity contribution in [1.82, 2.24) is 15.5 Å². The van der Waals surface area contributed by atoms with E-state index in [1.165, 1.54) is 18.4 Å². The first-order chi connectivity index (χ1) is 14.3. The van der Waals surface area contributed by atoms with Crippen molar-refractivity contribution in [2.75, 3.05) is 66.3 Å². The number of ether oxygens (including phenoxy) is 3. The molecule has 7 nitrogen and oxygen atoms in total. The van der Waals surface area contributed by atoms with Crippen molar-refractivity contribution < 1.29 is 14.2 Å². The Morgan fingerprint density at radius 1 is 1.20 bits per heavy atom. The monoisotopic (exact) mass is 532 g/mol. The number of halogens is 1. The molecule has 1 aliphatic carbocycles. The first kappa shape index (κ1) is 25.2. The maximum absolute atomic E-state index is 5.72. The van der Waals surface area contributed by atoms with Gasteiger partial charge in [0.2, 0.25) is 0 Å². The van der Waals surface area contributed by atoms with Crippen LogP contribution in [0.3, 0.4) is 0 Å². The van der Waals surface area contributed by atoms with E-state index >= 15 is 0 Å². The summed E-state index contributed by atoms with van der Waals surface area (Å²) < 4.78 is 16.6. The van der Waals surface area contributed by atoms with E-state index in [-0.39, 0.29) is 30.0 Å². The minimum atomic E-state index is 0. The molecule has 2 fully saturated rings. The molecule has 3 rings (SSSR count). The lowest BCUT2D eigenvalue weighted by molar-refractivity contribution is 0.0179. The van der Waals surface area contributed by atoms with Gasteiger partial charge in [0.25, 0.3) is 0 Å². The molecule has 1 aliphatic heterocycles. The molecule has 1 heterocycles. The minimum absolute atomic E-state index is 0. The van der Waals surface area contributed by atoms with Crippen LogP contribution in [-0.2, 0) is 9.47 Å². The van der Waals surface area contributed by atoms with Crippen LogP contribution in [0.25, 0.3) is 0 Å². The van der Waals surface area contributed by atoms with E-state index in [0.717, 1.165) is 63.6 Å². The molecule has 170 valence electrons. The fraction of sp³-hybridized carbons (Fsp3) is 0.682. The molecule has 0 spiro atoms. The van der Waals surface area contributed by atoms with E-state index < -0.39 is 0 Å². The molecule has 0 aromatic heterocycles. The van der Waals surface area contributed by atoms with Gasteiger partial charge in [0, 0.05) is 32.8 Å². The van der Waals surface area contributed by atoms with Gasteiger partial charge in [0.05, 0.1) is 39.5 Å². The topological polar surface area (TPSA) is 67.4 Å². The zero-order valence-electron chi connectivity index (χ0n) is 18.3. The second kappa shape index (κ2) is 14.1. The van der Waals surface area contributed by atoms with Gasteiger partial charge in [-0.3, -0.25) is 9.89 Å². The van der Waals surface area contributed by atoms with Crippen molar-refractivity contribution in [2.45, 2.75) is 25.8 Å². The maximum atomic E-state index is 5.72. The third-order valence-electron chi connectivity index (χ3n) is 5.34. The lowest BCUT2D eigenvalue weighted by Crippen LogP contribution is -2.42. The Hall–Kier alpha value is -1.10.